The first-order valence-electron chi connectivity index (χ1n) is 4.38. The van der Waals surface area contributed by atoms with Crippen molar-refractivity contribution in [3.8, 4) is 5.69 Å². The zero-order valence-electron chi connectivity index (χ0n) is 7.80. The summed E-state index contributed by atoms with van der Waals surface area (Å²) in [4.78, 5) is 10.6. The third kappa shape index (κ3) is 2.12. The van der Waals surface area contributed by atoms with E-state index in [0.717, 1.165) is 22.0 Å². The lowest BCUT2D eigenvalue weighted by Gasteiger charge is -2.07. The van der Waals surface area contributed by atoms with Gasteiger partial charge >= 0.3 is 0 Å². The number of aromatic nitrogens is 3. The SMILES string of the molecule is O=CCc1cc(Br)ccc1-n1cnnc1. The fourth-order valence-electron chi connectivity index (χ4n) is 1.38. The predicted molar refractivity (Wildman–Crippen MR) is 58.8 cm³/mol. The lowest BCUT2D eigenvalue weighted by Crippen LogP contribution is -1.98. The number of aldehydes is 1. The number of carbonyl (C=O) groups excluding carboxylic acids is 1. The molecule has 0 bridgehead atoms. The Balaban J connectivity index is 2.50. The number of hydrogen-bond acceptors (Lipinski definition) is 3. The second kappa shape index (κ2) is 4.35. The smallest absolute Gasteiger partial charge is 0.124 e. The summed E-state index contributed by atoms with van der Waals surface area (Å²) in [6.07, 6.45) is 4.48. The number of halogens is 1. The first kappa shape index (κ1) is 10.0. The zero-order valence-corrected chi connectivity index (χ0v) is 9.39. The van der Waals surface area contributed by atoms with Gasteiger partial charge in [-0.3, -0.25) is 4.57 Å². The van der Waals surface area contributed by atoms with Crippen LogP contribution in [0.2, 0.25) is 0 Å². The summed E-state index contributed by atoms with van der Waals surface area (Å²) in [6, 6.07) is 5.76. The first-order chi connectivity index (χ1) is 7.31. The minimum absolute atomic E-state index is 0.382. The van der Waals surface area contributed by atoms with Crippen LogP contribution in [-0.4, -0.2) is 21.1 Å². The summed E-state index contributed by atoms with van der Waals surface area (Å²) in [5, 5.41) is 7.47. The van der Waals surface area contributed by atoms with Gasteiger partial charge in [0.15, 0.2) is 0 Å². The van der Waals surface area contributed by atoms with Gasteiger partial charge in [-0.1, -0.05) is 15.9 Å². The topological polar surface area (TPSA) is 47.8 Å². The Kier molecular flexibility index (Phi) is 2.91. The van der Waals surface area contributed by atoms with Crippen LogP contribution in [0.25, 0.3) is 5.69 Å². The van der Waals surface area contributed by atoms with Crippen LogP contribution in [0.5, 0.6) is 0 Å². The van der Waals surface area contributed by atoms with Gasteiger partial charge in [-0.2, -0.15) is 0 Å². The van der Waals surface area contributed by atoms with Gasteiger partial charge < -0.3 is 4.79 Å². The number of hydrogen-bond donors (Lipinski definition) is 0. The first-order valence-corrected chi connectivity index (χ1v) is 5.17. The van der Waals surface area contributed by atoms with Crippen molar-refractivity contribution in [3.05, 3.63) is 40.9 Å². The molecule has 4 nitrogen and oxygen atoms in total. The van der Waals surface area contributed by atoms with E-state index in [-0.39, 0.29) is 0 Å². The molecule has 0 radical (unpaired) electrons. The molecule has 2 rings (SSSR count). The van der Waals surface area contributed by atoms with Crippen LogP contribution in [0.1, 0.15) is 5.56 Å². The van der Waals surface area contributed by atoms with E-state index in [9.17, 15) is 4.79 Å². The van der Waals surface area contributed by atoms with E-state index < -0.39 is 0 Å². The Hall–Kier alpha value is -1.49. The van der Waals surface area contributed by atoms with Gasteiger partial charge in [0, 0.05) is 10.9 Å². The van der Waals surface area contributed by atoms with Gasteiger partial charge in [0.25, 0.3) is 0 Å². The molecule has 0 saturated carbocycles. The molecular weight excluding hydrogens is 258 g/mol. The molecule has 0 amide bonds. The maximum absolute atomic E-state index is 10.6. The van der Waals surface area contributed by atoms with E-state index in [4.69, 9.17) is 0 Å². The van der Waals surface area contributed by atoms with Crippen molar-refractivity contribution in [2.45, 2.75) is 6.42 Å². The van der Waals surface area contributed by atoms with E-state index in [2.05, 4.69) is 26.1 Å². The fraction of sp³-hybridized carbons (Fsp3) is 0.100. The van der Waals surface area contributed by atoms with Crippen molar-refractivity contribution in [2.24, 2.45) is 0 Å². The molecule has 1 aromatic carbocycles. The minimum atomic E-state index is 0.382. The van der Waals surface area contributed by atoms with Crippen molar-refractivity contribution in [1.82, 2.24) is 14.8 Å². The molecule has 2 aromatic rings. The van der Waals surface area contributed by atoms with Crippen molar-refractivity contribution < 1.29 is 4.79 Å². The van der Waals surface area contributed by atoms with E-state index in [1.807, 2.05) is 18.2 Å². The average molecular weight is 266 g/mol. The van der Waals surface area contributed by atoms with Crippen LogP contribution in [-0.2, 0) is 11.2 Å². The van der Waals surface area contributed by atoms with Crippen molar-refractivity contribution >= 4 is 22.2 Å². The van der Waals surface area contributed by atoms with Crippen molar-refractivity contribution in [1.29, 1.82) is 0 Å². The maximum atomic E-state index is 10.6. The number of rotatable bonds is 3. The van der Waals surface area contributed by atoms with Crippen molar-refractivity contribution in [2.75, 3.05) is 0 Å². The molecule has 0 aliphatic rings. The number of carbonyl (C=O) groups is 1. The molecule has 76 valence electrons. The molecule has 1 aromatic heterocycles. The summed E-state index contributed by atoms with van der Waals surface area (Å²) in [5.74, 6) is 0. The van der Waals surface area contributed by atoms with Gasteiger partial charge in [-0.25, -0.2) is 0 Å². The highest BCUT2D eigenvalue weighted by Gasteiger charge is 2.04. The monoisotopic (exact) mass is 265 g/mol. The Bertz CT molecular complexity index is 468. The van der Waals surface area contributed by atoms with Crippen LogP contribution < -0.4 is 0 Å². The molecule has 0 atom stereocenters. The Morgan fingerprint density at radius 1 is 1.33 bits per heavy atom. The molecular formula is C10H8BrN3O. The van der Waals surface area contributed by atoms with Crippen LogP contribution in [0.15, 0.2) is 35.3 Å². The van der Waals surface area contributed by atoms with Crippen LogP contribution in [0.4, 0.5) is 0 Å². The molecule has 0 N–H and O–H groups in total. The fourth-order valence-corrected chi connectivity index (χ4v) is 1.79. The summed E-state index contributed by atoms with van der Waals surface area (Å²) in [7, 11) is 0. The van der Waals surface area contributed by atoms with E-state index in [1.54, 1.807) is 17.2 Å². The number of nitrogens with zero attached hydrogens (tertiary/aromatic N) is 3. The highest BCUT2D eigenvalue weighted by molar-refractivity contribution is 9.10. The van der Waals surface area contributed by atoms with Gasteiger partial charge in [-0.15, -0.1) is 10.2 Å². The Morgan fingerprint density at radius 3 is 2.73 bits per heavy atom. The molecule has 0 unspecified atom stereocenters. The quantitative estimate of drug-likeness (QED) is 0.795. The largest absolute Gasteiger partial charge is 0.303 e. The summed E-state index contributed by atoms with van der Waals surface area (Å²) in [5.41, 5.74) is 1.87. The average Bonchev–Trinajstić information content (AvgIpc) is 2.71. The normalized spacial score (nSPS) is 10.2. The second-order valence-corrected chi connectivity index (χ2v) is 3.93. The minimum Gasteiger partial charge on any atom is -0.303 e. The number of benzene rings is 1. The molecule has 1 heterocycles. The summed E-state index contributed by atoms with van der Waals surface area (Å²) >= 11 is 3.37. The van der Waals surface area contributed by atoms with E-state index in [1.165, 1.54) is 0 Å². The molecule has 5 heteroatoms. The van der Waals surface area contributed by atoms with Gasteiger partial charge in [0.05, 0.1) is 5.69 Å². The van der Waals surface area contributed by atoms with Gasteiger partial charge in [-0.05, 0) is 23.8 Å². The van der Waals surface area contributed by atoms with E-state index in [0.29, 0.717) is 6.42 Å². The molecule has 0 aliphatic heterocycles. The van der Waals surface area contributed by atoms with Crippen LogP contribution in [0.3, 0.4) is 0 Å². The zero-order chi connectivity index (χ0) is 10.7. The molecule has 0 fully saturated rings. The van der Waals surface area contributed by atoms with Gasteiger partial charge in [0.1, 0.15) is 18.9 Å². The summed E-state index contributed by atoms with van der Waals surface area (Å²) in [6.45, 7) is 0. The highest BCUT2D eigenvalue weighted by atomic mass is 79.9. The lowest BCUT2D eigenvalue weighted by molar-refractivity contribution is -0.107. The predicted octanol–water partition coefficient (Wildman–Crippen LogP) is 1.77. The molecule has 0 saturated heterocycles. The summed E-state index contributed by atoms with van der Waals surface area (Å²) < 4.78 is 2.74. The highest BCUT2D eigenvalue weighted by Crippen LogP contribution is 2.19. The Labute approximate surface area is 95.1 Å². The molecule has 0 spiro atoms. The van der Waals surface area contributed by atoms with Crippen molar-refractivity contribution in [3.63, 3.8) is 0 Å². The Morgan fingerprint density at radius 2 is 2.07 bits per heavy atom. The molecule has 0 aliphatic carbocycles. The third-order valence-corrected chi connectivity index (χ3v) is 2.53. The maximum Gasteiger partial charge on any atom is 0.124 e. The van der Waals surface area contributed by atoms with Crippen LogP contribution in [0, 0.1) is 0 Å². The van der Waals surface area contributed by atoms with Gasteiger partial charge in [0.2, 0.25) is 0 Å². The van der Waals surface area contributed by atoms with E-state index >= 15 is 0 Å². The van der Waals surface area contributed by atoms with Crippen LogP contribution >= 0.6 is 15.9 Å². The second-order valence-electron chi connectivity index (χ2n) is 3.01. The molecule has 15 heavy (non-hydrogen) atoms. The lowest BCUT2D eigenvalue weighted by atomic mass is 10.1. The standard InChI is InChI=1S/C10H8BrN3O/c11-9-1-2-10(8(5-9)3-4-15)14-6-12-13-7-14/h1-2,4-7H,3H2. The third-order valence-electron chi connectivity index (χ3n) is 2.04.